The summed E-state index contributed by atoms with van der Waals surface area (Å²) in [6.45, 7) is 1.99. The van der Waals surface area contributed by atoms with Crippen molar-refractivity contribution in [1.82, 2.24) is 20.1 Å². The predicted octanol–water partition coefficient (Wildman–Crippen LogP) is 3.83. The molecule has 1 aliphatic heterocycles. The molecule has 0 saturated carbocycles. The van der Waals surface area contributed by atoms with Gasteiger partial charge in [-0.15, -0.1) is 11.3 Å². The van der Waals surface area contributed by atoms with Gasteiger partial charge in [0, 0.05) is 27.5 Å². The van der Waals surface area contributed by atoms with Crippen LogP contribution < -0.4 is 5.32 Å². The van der Waals surface area contributed by atoms with Crippen molar-refractivity contribution in [3.05, 3.63) is 50.9 Å². The van der Waals surface area contributed by atoms with Crippen LogP contribution in [0.1, 0.15) is 29.1 Å². The van der Waals surface area contributed by atoms with E-state index in [1.807, 2.05) is 18.3 Å². The molecule has 0 aliphatic carbocycles. The highest BCUT2D eigenvalue weighted by atomic mass is 79.9. The van der Waals surface area contributed by atoms with Crippen molar-refractivity contribution in [2.75, 3.05) is 27.2 Å². The van der Waals surface area contributed by atoms with E-state index >= 15 is 0 Å². The molecule has 2 aromatic rings. The summed E-state index contributed by atoms with van der Waals surface area (Å²) in [6, 6.07) is 8.51. The molecule has 2 aromatic heterocycles. The molecule has 3 rings (SSSR count). The third kappa shape index (κ3) is 3.96. The van der Waals surface area contributed by atoms with Crippen LogP contribution in [0.15, 0.2) is 40.3 Å². The van der Waals surface area contributed by atoms with Crippen molar-refractivity contribution in [3.63, 3.8) is 0 Å². The minimum absolute atomic E-state index is 0.0867. The lowest BCUT2D eigenvalue weighted by Crippen LogP contribution is -2.32. The van der Waals surface area contributed by atoms with Crippen LogP contribution >= 0.6 is 39.5 Å². The first-order chi connectivity index (χ1) is 11.6. The summed E-state index contributed by atoms with van der Waals surface area (Å²) in [7, 11) is 4.20. The van der Waals surface area contributed by atoms with Gasteiger partial charge in [-0.3, -0.25) is 4.98 Å². The molecule has 2 atom stereocenters. The number of pyridine rings is 1. The average Bonchev–Trinajstić information content (AvgIpc) is 3.12. The quantitative estimate of drug-likeness (QED) is 0.712. The number of aromatic nitrogens is 1. The molecule has 0 aromatic carbocycles. The highest BCUT2D eigenvalue weighted by molar-refractivity contribution is 9.10. The van der Waals surface area contributed by atoms with Crippen LogP contribution in [-0.4, -0.2) is 47.1 Å². The van der Waals surface area contributed by atoms with E-state index in [0.29, 0.717) is 0 Å². The maximum Gasteiger partial charge on any atom is 0.170 e. The Hall–Kier alpha value is -1.02. The molecule has 3 heterocycles. The summed E-state index contributed by atoms with van der Waals surface area (Å²) >= 11 is 11.0. The number of nitrogens with zero attached hydrogens (tertiary/aromatic N) is 3. The summed E-state index contributed by atoms with van der Waals surface area (Å²) < 4.78 is 1.12. The summed E-state index contributed by atoms with van der Waals surface area (Å²) in [5.41, 5.74) is 1.03. The summed E-state index contributed by atoms with van der Waals surface area (Å²) in [5.74, 6) is 0. The second-order valence-corrected chi connectivity index (χ2v) is 8.39. The fourth-order valence-corrected chi connectivity index (χ4v) is 4.92. The normalized spacial score (nSPS) is 20.7. The Morgan fingerprint density at radius 1 is 1.42 bits per heavy atom. The van der Waals surface area contributed by atoms with Gasteiger partial charge < -0.3 is 15.1 Å². The molecule has 128 valence electrons. The van der Waals surface area contributed by atoms with Crippen LogP contribution in [0, 0.1) is 0 Å². The predicted molar refractivity (Wildman–Crippen MR) is 107 cm³/mol. The number of hydrogen-bond acceptors (Lipinski definition) is 4. The molecule has 1 N–H and O–H groups in total. The molecule has 1 saturated heterocycles. The minimum Gasteiger partial charge on any atom is -0.352 e. The van der Waals surface area contributed by atoms with Gasteiger partial charge in [0.2, 0.25) is 0 Å². The minimum atomic E-state index is 0.0867. The maximum absolute atomic E-state index is 5.65. The van der Waals surface area contributed by atoms with Gasteiger partial charge in [-0.05, 0) is 73.4 Å². The Balaban J connectivity index is 1.88. The molecule has 7 heteroatoms. The number of rotatable bonds is 6. The van der Waals surface area contributed by atoms with Crippen molar-refractivity contribution in [3.8, 4) is 0 Å². The molecule has 24 heavy (non-hydrogen) atoms. The summed E-state index contributed by atoms with van der Waals surface area (Å²) in [6.07, 6.45) is 2.92. The highest BCUT2D eigenvalue weighted by Crippen LogP contribution is 2.41. The van der Waals surface area contributed by atoms with Crippen molar-refractivity contribution < 1.29 is 0 Å². The van der Waals surface area contributed by atoms with E-state index in [9.17, 15) is 0 Å². The largest absolute Gasteiger partial charge is 0.352 e. The van der Waals surface area contributed by atoms with Gasteiger partial charge in [0.1, 0.15) is 0 Å². The zero-order valence-electron chi connectivity index (χ0n) is 13.8. The fourth-order valence-electron chi connectivity index (χ4n) is 3.00. The van der Waals surface area contributed by atoms with E-state index in [1.54, 1.807) is 11.3 Å². The van der Waals surface area contributed by atoms with E-state index in [-0.39, 0.29) is 12.1 Å². The zero-order chi connectivity index (χ0) is 17.1. The first kappa shape index (κ1) is 17.8. The first-order valence-electron chi connectivity index (χ1n) is 7.93. The van der Waals surface area contributed by atoms with Gasteiger partial charge >= 0.3 is 0 Å². The highest BCUT2D eigenvalue weighted by Gasteiger charge is 2.40. The number of nitrogens with one attached hydrogen (secondary N) is 1. The number of halogens is 1. The van der Waals surface area contributed by atoms with Crippen LogP contribution in [0.4, 0.5) is 0 Å². The van der Waals surface area contributed by atoms with Gasteiger partial charge in [-0.25, -0.2) is 0 Å². The molecule has 1 aliphatic rings. The van der Waals surface area contributed by atoms with Crippen LogP contribution in [0.3, 0.4) is 0 Å². The fraction of sp³-hybridized carbons (Fsp3) is 0.412. The topological polar surface area (TPSA) is 31.4 Å². The van der Waals surface area contributed by atoms with Gasteiger partial charge in [0.15, 0.2) is 5.11 Å². The first-order valence-corrected chi connectivity index (χ1v) is 10.0. The molecule has 0 amide bonds. The SMILES string of the molecule is CN(C)CCCN1C(=S)N[C@H](c2ccccn2)[C@@H]1c1cc(Br)cs1. The van der Waals surface area contributed by atoms with E-state index in [1.165, 1.54) is 4.88 Å². The second kappa shape index (κ2) is 7.91. The van der Waals surface area contributed by atoms with E-state index in [2.05, 4.69) is 67.6 Å². The third-order valence-corrected chi connectivity index (χ3v) is 6.20. The third-order valence-electron chi connectivity index (χ3n) is 4.08. The smallest absolute Gasteiger partial charge is 0.170 e. The summed E-state index contributed by atoms with van der Waals surface area (Å²) in [5, 5.41) is 6.44. The van der Waals surface area contributed by atoms with E-state index in [0.717, 1.165) is 34.8 Å². The molecule has 0 unspecified atom stereocenters. The monoisotopic (exact) mass is 424 g/mol. The lowest BCUT2D eigenvalue weighted by atomic mass is 10.0. The van der Waals surface area contributed by atoms with Crippen molar-refractivity contribution in [1.29, 1.82) is 0 Å². The molecule has 1 fully saturated rings. The van der Waals surface area contributed by atoms with Crippen LogP contribution in [0.5, 0.6) is 0 Å². The van der Waals surface area contributed by atoms with Crippen molar-refractivity contribution in [2.45, 2.75) is 18.5 Å². The van der Waals surface area contributed by atoms with E-state index in [4.69, 9.17) is 12.2 Å². The number of hydrogen-bond donors (Lipinski definition) is 1. The van der Waals surface area contributed by atoms with Crippen molar-refractivity contribution in [2.24, 2.45) is 0 Å². The van der Waals surface area contributed by atoms with Gasteiger partial charge in [0.05, 0.1) is 17.8 Å². The number of thiocarbonyl (C=S) groups is 1. The molecular formula is C17H21BrN4S2. The Labute approximate surface area is 161 Å². The van der Waals surface area contributed by atoms with Gasteiger partial charge in [-0.1, -0.05) is 6.07 Å². The second-order valence-electron chi connectivity index (χ2n) is 6.14. The Kier molecular flexibility index (Phi) is 5.86. The van der Waals surface area contributed by atoms with Crippen LogP contribution in [0.2, 0.25) is 0 Å². The lowest BCUT2D eigenvalue weighted by molar-refractivity contribution is 0.296. The molecule has 0 bridgehead atoms. The summed E-state index contributed by atoms with van der Waals surface area (Å²) in [4.78, 5) is 10.4. The van der Waals surface area contributed by atoms with Crippen LogP contribution in [-0.2, 0) is 0 Å². The Morgan fingerprint density at radius 2 is 2.25 bits per heavy atom. The molecule has 0 spiro atoms. The molecule has 4 nitrogen and oxygen atoms in total. The van der Waals surface area contributed by atoms with E-state index < -0.39 is 0 Å². The number of thiophene rings is 1. The molecular weight excluding hydrogens is 404 g/mol. The van der Waals surface area contributed by atoms with Crippen LogP contribution in [0.25, 0.3) is 0 Å². The Morgan fingerprint density at radius 3 is 2.88 bits per heavy atom. The standard InChI is InChI=1S/C17H21BrN4S2/c1-21(2)8-5-9-22-16(14-10-12(18)11-24-14)15(20-17(22)23)13-6-3-4-7-19-13/h3-4,6-7,10-11,15-16H,5,8-9H2,1-2H3,(H,20,23)/t15-,16+/m1/s1. The lowest BCUT2D eigenvalue weighted by Gasteiger charge is -2.27. The molecule has 0 radical (unpaired) electrons. The maximum atomic E-state index is 5.65. The average molecular weight is 425 g/mol. The Bertz CT molecular complexity index is 689. The van der Waals surface area contributed by atoms with Crippen molar-refractivity contribution >= 4 is 44.6 Å². The van der Waals surface area contributed by atoms with Gasteiger partial charge in [-0.2, -0.15) is 0 Å². The van der Waals surface area contributed by atoms with Gasteiger partial charge in [0.25, 0.3) is 0 Å². The zero-order valence-corrected chi connectivity index (χ0v) is 17.0.